The quantitative estimate of drug-likeness (QED) is 0.831. The van der Waals surface area contributed by atoms with E-state index in [-0.39, 0.29) is 25.4 Å². The van der Waals surface area contributed by atoms with Gasteiger partial charge in [0.05, 0.1) is 18.2 Å². The normalized spacial score (nSPS) is 36.6. The van der Waals surface area contributed by atoms with E-state index in [0.29, 0.717) is 37.5 Å². The van der Waals surface area contributed by atoms with Crippen LogP contribution < -0.4 is 5.32 Å². The molecule has 0 unspecified atom stereocenters. The lowest BCUT2D eigenvalue weighted by Gasteiger charge is -2.51. The lowest BCUT2D eigenvalue weighted by Crippen LogP contribution is -2.61. The van der Waals surface area contributed by atoms with Gasteiger partial charge in [0.1, 0.15) is 5.60 Å². The number of halogens is 3. The molecule has 1 amide bonds. The van der Waals surface area contributed by atoms with Crippen molar-refractivity contribution < 1.29 is 37.0 Å². The molecule has 4 aliphatic rings. The second-order valence-corrected chi connectivity index (χ2v) is 7.29. The monoisotopic (exact) mass is 377 g/mol. The maximum atomic E-state index is 12.2. The van der Waals surface area contributed by atoms with Gasteiger partial charge in [0.15, 0.2) is 0 Å². The predicted octanol–water partition coefficient (Wildman–Crippen LogP) is 2.66. The third-order valence-electron chi connectivity index (χ3n) is 5.59. The molecule has 1 aromatic heterocycles. The van der Waals surface area contributed by atoms with Crippen LogP contribution >= 0.6 is 0 Å². The summed E-state index contributed by atoms with van der Waals surface area (Å²) in [4.78, 5) is 10.9. The van der Waals surface area contributed by atoms with Crippen molar-refractivity contribution in [3.63, 3.8) is 0 Å². The van der Waals surface area contributed by atoms with Crippen LogP contribution in [0.2, 0.25) is 0 Å². The van der Waals surface area contributed by atoms with Gasteiger partial charge >= 0.3 is 12.5 Å². The first-order valence-corrected chi connectivity index (χ1v) is 8.42. The van der Waals surface area contributed by atoms with E-state index in [1.54, 1.807) is 0 Å². The maximum Gasteiger partial charge on any atom is 0.522 e. The van der Waals surface area contributed by atoms with Gasteiger partial charge < -0.3 is 19.6 Å². The molecule has 1 aromatic rings. The zero-order valence-electron chi connectivity index (χ0n) is 13.7. The highest BCUT2D eigenvalue weighted by Crippen LogP contribution is 2.50. The molecule has 2 bridgehead atoms. The van der Waals surface area contributed by atoms with Gasteiger partial charge in [-0.05, 0) is 38.5 Å². The van der Waals surface area contributed by atoms with Crippen molar-refractivity contribution in [2.24, 2.45) is 0 Å². The minimum Gasteiger partial charge on any atom is -0.465 e. The van der Waals surface area contributed by atoms with Gasteiger partial charge in [-0.3, -0.25) is 4.74 Å². The van der Waals surface area contributed by atoms with E-state index in [1.807, 2.05) is 0 Å². The van der Waals surface area contributed by atoms with Crippen LogP contribution in [0.5, 0.6) is 0 Å². The second kappa shape index (κ2) is 5.81. The van der Waals surface area contributed by atoms with Gasteiger partial charge in [-0.15, -0.1) is 23.4 Å². The van der Waals surface area contributed by atoms with Crippen molar-refractivity contribution in [3.8, 4) is 0 Å². The topological polar surface area (TPSA) is 107 Å². The van der Waals surface area contributed by atoms with Gasteiger partial charge in [-0.25, -0.2) is 4.79 Å². The number of nitrogens with one attached hydrogen (secondary N) is 1. The van der Waals surface area contributed by atoms with Crippen molar-refractivity contribution in [3.05, 3.63) is 11.8 Å². The van der Waals surface area contributed by atoms with E-state index >= 15 is 0 Å². The SMILES string of the molecule is O=C(O)NC12CCC(c3nnc(C4CC(OC(F)(F)F)C4)o3)(CC1)OC2. The summed E-state index contributed by atoms with van der Waals surface area (Å²) >= 11 is 0. The second-order valence-electron chi connectivity index (χ2n) is 7.29. The smallest absolute Gasteiger partial charge is 0.465 e. The van der Waals surface area contributed by atoms with Gasteiger partial charge in [0.2, 0.25) is 11.8 Å². The third-order valence-corrected chi connectivity index (χ3v) is 5.59. The summed E-state index contributed by atoms with van der Waals surface area (Å²) in [6.07, 6.45) is -3.95. The molecule has 26 heavy (non-hydrogen) atoms. The molecule has 2 N–H and O–H groups in total. The summed E-state index contributed by atoms with van der Waals surface area (Å²) in [5.41, 5.74) is -1.31. The van der Waals surface area contributed by atoms with Crippen molar-refractivity contribution in [2.45, 2.75) is 68.0 Å². The lowest BCUT2D eigenvalue weighted by molar-refractivity contribution is -0.352. The summed E-state index contributed by atoms with van der Waals surface area (Å²) < 4.78 is 52.1. The summed E-state index contributed by atoms with van der Waals surface area (Å²) in [6, 6.07) is 0. The summed E-state index contributed by atoms with van der Waals surface area (Å²) in [7, 11) is 0. The Balaban J connectivity index is 1.39. The molecular formula is C15H18F3N3O5. The molecule has 2 aliphatic carbocycles. The third kappa shape index (κ3) is 3.13. The molecular weight excluding hydrogens is 359 g/mol. The Bertz CT molecular complexity index is 676. The Morgan fingerprint density at radius 3 is 2.46 bits per heavy atom. The van der Waals surface area contributed by atoms with Crippen LogP contribution in [-0.2, 0) is 15.1 Å². The number of rotatable bonds is 4. The van der Waals surface area contributed by atoms with Crippen molar-refractivity contribution >= 4 is 6.09 Å². The van der Waals surface area contributed by atoms with Crippen LogP contribution in [0.1, 0.15) is 56.2 Å². The number of carboxylic acid groups (broad SMARTS) is 1. The number of hydrogen-bond donors (Lipinski definition) is 2. The fourth-order valence-electron chi connectivity index (χ4n) is 4.00. The van der Waals surface area contributed by atoms with E-state index < -0.39 is 29.7 Å². The number of nitrogens with zero attached hydrogens (tertiary/aromatic N) is 2. The molecule has 3 heterocycles. The molecule has 8 nitrogen and oxygen atoms in total. The van der Waals surface area contributed by atoms with Crippen molar-refractivity contribution in [1.82, 2.24) is 15.5 Å². The lowest BCUT2D eigenvalue weighted by atomic mass is 9.71. The van der Waals surface area contributed by atoms with E-state index in [1.165, 1.54) is 0 Å². The standard InChI is InChI=1S/C15H18F3N3O5/c16-15(17,18)26-9-5-8(6-9)10-20-21-11(25-10)14-3-1-13(2-4-14,7-24-14)19-12(22)23/h8-9,19H,1-7H2,(H,22,23). The molecule has 11 heteroatoms. The van der Waals surface area contributed by atoms with E-state index in [0.717, 1.165) is 0 Å². The number of fused-ring (bicyclic) bond motifs is 3. The van der Waals surface area contributed by atoms with Gasteiger partial charge in [0, 0.05) is 5.92 Å². The fourth-order valence-corrected chi connectivity index (χ4v) is 4.00. The predicted molar refractivity (Wildman–Crippen MR) is 77.2 cm³/mol. The Morgan fingerprint density at radius 2 is 1.92 bits per heavy atom. The van der Waals surface area contributed by atoms with Gasteiger partial charge in [0.25, 0.3) is 0 Å². The van der Waals surface area contributed by atoms with Crippen LogP contribution in [0.3, 0.4) is 0 Å². The van der Waals surface area contributed by atoms with Crippen LogP contribution in [0, 0.1) is 0 Å². The molecule has 0 radical (unpaired) electrons. The van der Waals surface area contributed by atoms with Crippen LogP contribution in [-0.4, -0.2) is 46.0 Å². The molecule has 0 aromatic carbocycles. The minimum absolute atomic E-state index is 0.181. The molecule has 2 saturated heterocycles. The fraction of sp³-hybridized carbons (Fsp3) is 0.800. The number of hydrogen-bond acceptors (Lipinski definition) is 6. The Hall–Kier alpha value is -1.88. The number of aromatic nitrogens is 2. The van der Waals surface area contributed by atoms with E-state index in [4.69, 9.17) is 14.3 Å². The zero-order valence-corrected chi connectivity index (χ0v) is 13.7. The Morgan fingerprint density at radius 1 is 1.23 bits per heavy atom. The Kier molecular flexibility index (Phi) is 3.92. The van der Waals surface area contributed by atoms with E-state index in [9.17, 15) is 18.0 Å². The number of alkyl halides is 3. The van der Waals surface area contributed by atoms with Gasteiger partial charge in [-0.2, -0.15) is 0 Å². The molecule has 2 aliphatic heterocycles. The molecule has 4 fully saturated rings. The highest BCUT2D eigenvalue weighted by atomic mass is 19.4. The van der Waals surface area contributed by atoms with Crippen molar-refractivity contribution in [1.29, 1.82) is 0 Å². The average molecular weight is 377 g/mol. The molecule has 0 spiro atoms. The molecule has 2 saturated carbocycles. The summed E-state index contributed by atoms with van der Waals surface area (Å²) in [6.45, 7) is 0.224. The maximum absolute atomic E-state index is 12.2. The largest absolute Gasteiger partial charge is 0.522 e. The number of amides is 1. The first kappa shape index (κ1) is 17.5. The summed E-state index contributed by atoms with van der Waals surface area (Å²) in [5.74, 6) is 0.363. The minimum atomic E-state index is -4.64. The highest BCUT2D eigenvalue weighted by molar-refractivity contribution is 5.65. The van der Waals surface area contributed by atoms with Gasteiger partial charge in [-0.1, -0.05) is 0 Å². The average Bonchev–Trinajstić information content (AvgIpc) is 3.00. The number of ether oxygens (including phenoxy) is 2. The van der Waals surface area contributed by atoms with E-state index in [2.05, 4.69) is 20.3 Å². The summed E-state index contributed by atoms with van der Waals surface area (Å²) in [5, 5.41) is 19.5. The first-order valence-electron chi connectivity index (χ1n) is 8.42. The molecule has 144 valence electrons. The van der Waals surface area contributed by atoms with Crippen LogP contribution in [0.4, 0.5) is 18.0 Å². The number of carbonyl (C=O) groups is 1. The molecule has 5 rings (SSSR count). The zero-order chi connectivity index (χ0) is 18.6. The molecule has 0 atom stereocenters. The Labute approximate surface area is 146 Å². The first-order chi connectivity index (χ1) is 12.2. The van der Waals surface area contributed by atoms with Crippen LogP contribution in [0.25, 0.3) is 0 Å². The highest BCUT2D eigenvalue weighted by Gasteiger charge is 2.54. The van der Waals surface area contributed by atoms with Crippen LogP contribution in [0.15, 0.2) is 4.42 Å². The van der Waals surface area contributed by atoms with Crippen molar-refractivity contribution in [2.75, 3.05) is 6.61 Å².